The second-order valence-corrected chi connectivity index (χ2v) is 13.3. The molecule has 3 aliphatic rings. The van der Waals surface area contributed by atoms with Crippen molar-refractivity contribution in [1.29, 1.82) is 0 Å². The zero-order valence-electron chi connectivity index (χ0n) is 18.5. The Bertz CT molecular complexity index is 1160. The molecule has 1 atom stereocenters. The molecule has 1 unspecified atom stereocenters. The minimum Gasteiger partial charge on any atom is -0.312 e. The normalized spacial score (nSPS) is 24.6. The van der Waals surface area contributed by atoms with Gasteiger partial charge in [-0.3, -0.25) is 9.79 Å². The quantitative estimate of drug-likeness (QED) is 0.619. The highest BCUT2D eigenvalue weighted by Crippen LogP contribution is 2.35. The summed E-state index contributed by atoms with van der Waals surface area (Å²) in [6.07, 6.45) is 2.56. The van der Waals surface area contributed by atoms with Crippen molar-refractivity contribution in [1.82, 2.24) is 13.9 Å². The van der Waals surface area contributed by atoms with Crippen molar-refractivity contribution >= 4 is 43.4 Å². The van der Waals surface area contributed by atoms with E-state index in [1.807, 2.05) is 6.92 Å². The van der Waals surface area contributed by atoms with E-state index in [2.05, 4.69) is 5.32 Å². The molecule has 1 spiro atoms. The van der Waals surface area contributed by atoms with E-state index in [1.54, 1.807) is 12.1 Å². The van der Waals surface area contributed by atoms with Crippen LogP contribution in [-0.2, 0) is 24.8 Å². The van der Waals surface area contributed by atoms with Crippen LogP contribution in [0.5, 0.6) is 0 Å². The molecule has 0 aromatic heterocycles. The van der Waals surface area contributed by atoms with Crippen molar-refractivity contribution in [2.75, 3.05) is 31.9 Å². The first kappa shape index (κ1) is 24.6. The fourth-order valence-electron chi connectivity index (χ4n) is 4.75. The van der Waals surface area contributed by atoms with Crippen LogP contribution in [-0.4, -0.2) is 74.7 Å². The van der Waals surface area contributed by atoms with Crippen LogP contribution in [0.25, 0.3) is 0 Å². The van der Waals surface area contributed by atoms with Crippen molar-refractivity contribution in [2.45, 2.75) is 49.5 Å². The van der Waals surface area contributed by atoms with Crippen LogP contribution < -0.4 is 5.32 Å². The highest BCUT2D eigenvalue weighted by Gasteiger charge is 2.49. The molecule has 1 N–H and O–H groups in total. The Hall–Kier alpha value is -1.53. The minimum absolute atomic E-state index is 0.111. The number of halogens is 1. The largest absolute Gasteiger partial charge is 0.312 e. The zero-order valence-corrected chi connectivity index (χ0v) is 20.9. The van der Waals surface area contributed by atoms with Crippen molar-refractivity contribution in [3.63, 3.8) is 0 Å². The zero-order chi connectivity index (χ0) is 23.9. The highest BCUT2D eigenvalue weighted by atomic mass is 35.5. The fourth-order valence-corrected chi connectivity index (χ4v) is 8.08. The molecule has 1 amide bonds. The molecule has 1 aromatic rings. The molecule has 33 heavy (non-hydrogen) atoms. The second-order valence-electron chi connectivity index (χ2n) is 8.86. The molecule has 2 fully saturated rings. The van der Waals surface area contributed by atoms with Gasteiger partial charge in [0.1, 0.15) is 11.4 Å². The number of carbonyl (C=O) groups excluding carboxylic acids is 1. The third-order valence-corrected chi connectivity index (χ3v) is 10.8. The van der Waals surface area contributed by atoms with E-state index in [4.69, 9.17) is 16.6 Å². The lowest BCUT2D eigenvalue weighted by molar-refractivity contribution is -0.125. The molecule has 182 valence electrons. The van der Waals surface area contributed by atoms with E-state index in [-0.39, 0.29) is 48.4 Å². The Balaban J connectivity index is 1.47. The van der Waals surface area contributed by atoms with Crippen LogP contribution in [0.4, 0.5) is 0 Å². The number of rotatable bonds is 6. The number of amides is 1. The third kappa shape index (κ3) is 4.84. The maximum atomic E-state index is 13.0. The van der Waals surface area contributed by atoms with E-state index in [1.165, 1.54) is 20.7 Å². The van der Waals surface area contributed by atoms with Gasteiger partial charge in [0.05, 0.1) is 10.6 Å². The van der Waals surface area contributed by atoms with E-state index in [9.17, 15) is 21.6 Å². The van der Waals surface area contributed by atoms with Gasteiger partial charge >= 0.3 is 0 Å². The van der Waals surface area contributed by atoms with Gasteiger partial charge in [0.15, 0.2) is 0 Å². The van der Waals surface area contributed by atoms with Gasteiger partial charge in [0.25, 0.3) is 5.91 Å². The molecular formula is C21H29ClN4O5S2. The standard InChI is InChI=1S/C21H29ClN4O5S2/c1-2-13-32(28,29)26-10-4-5-16(15-26)19-23-20(27)21(24-19)8-11-25(12-9-21)33(30,31)18-7-3-6-17(22)14-18/h3,6-7,14,16H,2,4-5,8-13,15H2,1H3,(H,23,24,27). The number of hydrogen-bond donors (Lipinski definition) is 1. The Morgan fingerprint density at radius 3 is 2.55 bits per heavy atom. The van der Waals surface area contributed by atoms with Crippen LogP contribution in [0, 0.1) is 5.92 Å². The summed E-state index contributed by atoms with van der Waals surface area (Å²) in [7, 11) is -7.03. The van der Waals surface area contributed by atoms with E-state index in [0.29, 0.717) is 36.8 Å². The van der Waals surface area contributed by atoms with Gasteiger partial charge in [0.2, 0.25) is 20.0 Å². The van der Waals surface area contributed by atoms with Gasteiger partial charge in [-0.25, -0.2) is 21.1 Å². The second kappa shape index (κ2) is 9.26. The Labute approximate surface area is 200 Å². The van der Waals surface area contributed by atoms with Gasteiger partial charge in [-0.15, -0.1) is 0 Å². The van der Waals surface area contributed by atoms with Crippen LogP contribution in [0.1, 0.15) is 39.0 Å². The molecule has 0 bridgehead atoms. The lowest BCUT2D eigenvalue weighted by Gasteiger charge is -2.34. The lowest BCUT2D eigenvalue weighted by atomic mass is 9.89. The summed E-state index contributed by atoms with van der Waals surface area (Å²) in [4.78, 5) is 17.8. The first-order chi connectivity index (χ1) is 15.6. The summed E-state index contributed by atoms with van der Waals surface area (Å²) in [5.41, 5.74) is -1.000. The number of benzene rings is 1. The topological polar surface area (TPSA) is 116 Å². The van der Waals surface area contributed by atoms with E-state index in [0.717, 1.165) is 6.42 Å². The predicted molar refractivity (Wildman–Crippen MR) is 126 cm³/mol. The summed E-state index contributed by atoms with van der Waals surface area (Å²) in [6, 6.07) is 6.13. The molecule has 0 aliphatic carbocycles. The van der Waals surface area contributed by atoms with E-state index >= 15 is 0 Å². The number of aliphatic imine (C=N–C) groups is 1. The number of nitrogens with one attached hydrogen (secondary N) is 1. The van der Waals surface area contributed by atoms with Gasteiger partial charge < -0.3 is 5.32 Å². The molecule has 9 nitrogen and oxygen atoms in total. The van der Waals surface area contributed by atoms with E-state index < -0.39 is 25.6 Å². The van der Waals surface area contributed by atoms with Crippen LogP contribution in [0.2, 0.25) is 5.02 Å². The van der Waals surface area contributed by atoms with Gasteiger partial charge in [-0.1, -0.05) is 24.6 Å². The Morgan fingerprint density at radius 2 is 1.88 bits per heavy atom. The Kier molecular flexibility index (Phi) is 6.90. The number of amidine groups is 1. The van der Waals surface area contributed by atoms with Gasteiger partial charge in [-0.05, 0) is 50.3 Å². The minimum atomic E-state index is -3.72. The number of hydrogen-bond acceptors (Lipinski definition) is 6. The van der Waals surface area contributed by atoms with Crippen LogP contribution >= 0.6 is 11.6 Å². The first-order valence-corrected chi connectivity index (χ1v) is 14.6. The fraction of sp³-hybridized carbons (Fsp3) is 0.619. The number of sulfonamides is 2. The van der Waals surface area contributed by atoms with Gasteiger partial charge in [-0.2, -0.15) is 4.31 Å². The molecule has 12 heteroatoms. The average molecular weight is 517 g/mol. The molecule has 2 saturated heterocycles. The van der Waals surface area contributed by atoms with Crippen molar-refractivity contribution in [2.24, 2.45) is 10.9 Å². The molecule has 3 heterocycles. The monoisotopic (exact) mass is 516 g/mol. The Morgan fingerprint density at radius 1 is 1.15 bits per heavy atom. The molecule has 0 saturated carbocycles. The van der Waals surface area contributed by atoms with Crippen LogP contribution in [0.15, 0.2) is 34.2 Å². The molecule has 3 aliphatic heterocycles. The molecule has 1 aromatic carbocycles. The summed E-state index contributed by atoms with van der Waals surface area (Å²) in [6.45, 7) is 2.97. The average Bonchev–Trinajstić information content (AvgIpc) is 3.10. The summed E-state index contributed by atoms with van der Waals surface area (Å²) in [5.74, 6) is 0.245. The summed E-state index contributed by atoms with van der Waals surface area (Å²) < 4.78 is 53.8. The van der Waals surface area contributed by atoms with Crippen LogP contribution in [0.3, 0.4) is 0 Å². The van der Waals surface area contributed by atoms with Gasteiger partial charge in [0, 0.05) is 37.1 Å². The van der Waals surface area contributed by atoms with Crippen molar-refractivity contribution in [3.05, 3.63) is 29.3 Å². The number of nitrogens with zero attached hydrogens (tertiary/aromatic N) is 3. The highest BCUT2D eigenvalue weighted by molar-refractivity contribution is 7.89. The molecule has 4 rings (SSSR count). The molecule has 0 radical (unpaired) electrons. The number of carbonyl (C=O) groups is 1. The maximum absolute atomic E-state index is 13.0. The third-order valence-electron chi connectivity index (χ3n) is 6.61. The summed E-state index contributed by atoms with van der Waals surface area (Å²) >= 11 is 5.96. The summed E-state index contributed by atoms with van der Waals surface area (Å²) in [5, 5.41) is 3.23. The SMILES string of the molecule is CCCS(=O)(=O)N1CCCC(C2=NC3(CCN(S(=O)(=O)c4cccc(Cl)c4)CC3)C(=O)N2)C1. The van der Waals surface area contributed by atoms with Crippen molar-refractivity contribution < 1.29 is 21.6 Å². The predicted octanol–water partition coefficient (Wildman–Crippen LogP) is 1.84. The molecular weight excluding hydrogens is 488 g/mol. The first-order valence-electron chi connectivity index (χ1n) is 11.2. The smallest absolute Gasteiger partial charge is 0.253 e. The maximum Gasteiger partial charge on any atom is 0.253 e. The lowest BCUT2D eigenvalue weighted by Crippen LogP contribution is -2.50. The van der Waals surface area contributed by atoms with Crippen molar-refractivity contribution in [3.8, 4) is 0 Å². The number of piperidine rings is 2.